The smallest absolute Gasteiger partial charge is 0.170 e. The average Bonchev–Trinajstić information content (AvgIpc) is 2.70. The molecule has 1 nitrogen and oxygen atoms in total. The molecule has 1 saturated carbocycles. The lowest BCUT2D eigenvalue weighted by atomic mass is 9.84. The van der Waals surface area contributed by atoms with Crippen LogP contribution in [-0.4, -0.2) is 61.1 Å². The van der Waals surface area contributed by atoms with Crippen molar-refractivity contribution in [3.63, 3.8) is 0 Å². The van der Waals surface area contributed by atoms with E-state index in [0.717, 1.165) is 11.5 Å². The van der Waals surface area contributed by atoms with Gasteiger partial charge in [-0.3, -0.25) is 0 Å². The molecule has 0 spiro atoms. The highest BCUT2D eigenvalue weighted by Gasteiger charge is 2.36. The third-order valence-electron chi connectivity index (χ3n) is 6.90. The molecule has 0 aromatic rings. The van der Waals surface area contributed by atoms with Gasteiger partial charge in [0.1, 0.15) is 7.05 Å². The fraction of sp³-hybridized carbons (Fsp3) is 0.720. The van der Waals surface area contributed by atoms with E-state index in [4.69, 9.17) is 0 Å². The number of rotatable bonds is 12. The minimum absolute atomic E-state index is 0.267. The predicted octanol–water partition coefficient (Wildman–Crippen LogP) is 7.48. The highest BCUT2D eigenvalue weighted by atomic mass is 31.2. The largest absolute Gasteiger partial charge is 0.236 e. The van der Waals surface area contributed by atoms with E-state index in [-0.39, 0.29) is 7.92 Å². The third-order valence-corrected chi connectivity index (χ3v) is 16.2. The van der Waals surface area contributed by atoms with E-state index in [1.807, 2.05) is 6.08 Å². The van der Waals surface area contributed by atoms with Crippen LogP contribution in [0.1, 0.15) is 59.8 Å². The summed E-state index contributed by atoms with van der Waals surface area (Å²) in [7, 11) is 1.82. The normalized spacial score (nSPS) is 22.8. The zero-order valence-electron chi connectivity index (χ0n) is 19.7. The number of allylic oxidation sites excluding steroid dienone is 4. The molecular formula is C25H47NP2+2. The van der Waals surface area contributed by atoms with Gasteiger partial charge in [0, 0.05) is 25.7 Å². The standard InChI is InChI=1S/C25H47NP2/c1-9-14-24(22(5)6)20-26(7)25-16-13-15-23(19-25)17-18-28(11-3,12-4)21-27(8)10-2/h9,14,20,23,25H,1,5,10-13,15-19,21H2,2-4,6-8H3/q+2/b24-14+,26-20?/t23-,25+,27?/m0/s1. The molecule has 28 heavy (non-hydrogen) atoms. The van der Waals surface area contributed by atoms with Crippen molar-refractivity contribution >= 4 is 21.4 Å². The molecule has 0 aromatic heterocycles. The van der Waals surface area contributed by atoms with Crippen molar-refractivity contribution < 1.29 is 4.58 Å². The molecule has 1 fully saturated rings. The van der Waals surface area contributed by atoms with Gasteiger partial charge < -0.3 is 0 Å². The Morgan fingerprint density at radius 2 is 1.89 bits per heavy atom. The van der Waals surface area contributed by atoms with Crippen LogP contribution in [-0.2, 0) is 0 Å². The first-order chi connectivity index (χ1) is 13.3. The van der Waals surface area contributed by atoms with Crippen LogP contribution in [0.15, 0.2) is 36.5 Å². The molecule has 0 bridgehead atoms. The van der Waals surface area contributed by atoms with Crippen molar-refractivity contribution in [2.24, 2.45) is 5.92 Å². The van der Waals surface area contributed by atoms with Gasteiger partial charge >= 0.3 is 0 Å². The molecule has 160 valence electrons. The van der Waals surface area contributed by atoms with E-state index >= 15 is 0 Å². The summed E-state index contributed by atoms with van der Waals surface area (Å²) in [6, 6.07) is 0.682. The average molecular weight is 424 g/mol. The molecular weight excluding hydrogens is 376 g/mol. The summed E-state index contributed by atoms with van der Waals surface area (Å²) in [6.45, 7) is 19.9. The molecule has 0 amide bonds. The van der Waals surface area contributed by atoms with Crippen molar-refractivity contribution in [2.75, 3.05) is 44.3 Å². The van der Waals surface area contributed by atoms with Crippen LogP contribution in [0.2, 0.25) is 0 Å². The molecule has 3 heteroatoms. The van der Waals surface area contributed by atoms with E-state index in [9.17, 15) is 0 Å². The van der Waals surface area contributed by atoms with Crippen LogP contribution >= 0.6 is 15.2 Å². The Labute approximate surface area is 178 Å². The summed E-state index contributed by atoms with van der Waals surface area (Å²) in [5, 5.41) is 0. The van der Waals surface area contributed by atoms with Crippen molar-refractivity contribution in [3.8, 4) is 0 Å². The van der Waals surface area contributed by atoms with Gasteiger partial charge in [0.25, 0.3) is 0 Å². The van der Waals surface area contributed by atoms with Crippen LogP contribution in [0.4, 0.5) is 0 Å². The minimum Gasteiger partial charge on any atom is -0.236 e. The van der Waals surface area contributed by atoms with E-state index < -0.39 is 7.26 Å². The third kappa shape index (κ3) is 8.24. The van der Waals surface area contributed by atoms with Crippen LogP contribution in [0.3, 0.4) is 0 Å². The van der Waals surface area contributed by atoms with Gasteiger partial charge in [0.05, 0.1) is 24.4 Å². The van der Waals surface area contributed by atoms with Crippen LogP contribution < -0.4 is 0 Å². The summed E-state index contributed by atoms with van der Waals surface area (Å²) in [5.41, 5.74) is 2.32. The lowest BCUT2D eigenvalue weighted by Gasteiger charge is -2.31. The summed E-state index contributed by atoms with van der Waals surface area (Å²) in [6.07, 6.45) is 19.1. The number of hydrogen-bond acceptors (Lipinski definition) is 0. The maximum Gasteiger partial charge on any atom is 0.170 e. The van der Waals surface area contributed by atoms with E-state index in [1.165, 1.54) is 56.2 Å². The topological polar surface area (TPSA) is 3.01 Å². The van der Waals surface area contributed by atoms with Gasteiger partial charge in [-0.25, -0.2) is 4.58 Å². The monoisotopic (exact) mass is 423 g/mol. The Bertz CT molecular complexity index is 557. The lowest BCUT2D eigenvalue weighted by molar-refractivity contribution is -0.539. The second-order valence-electron chi connectivity index (χ2n) is 8.92. The maximum absolute atomic E-state index is 4.12. The molecule has 1 rings (SSSR count). The quantitative estimate of drug-likeness (QED) is 0.132. The Kier molecular flexibility index (Phi) is 12.1. The molecule has 0 N–H and O–H groups in total. The van der Waals surface area contributed by atoms with E-state index in [2.05, 4.69) is 71.4 Å². The second-order valence-corrected chi connectivity index (χ2v) is 16.8. The SMILES string of the molecule is C=C/C=C(\C=[N+](C)[C@@H]1CCC[C@@H](CC[P+](CC)(CC)CP(C)CC)C1)C(=C)C. The van der Waals surface area contributed by atoms with Gasteiger partial charge in [0.2, 0.25) is 0 Å². The zero-order valence-corrected chi connectivity index (χ0v) is 21.5. The van der Waals surface area contributed by atoms with Crippen molar-refractivity contribution in [1.29, 1.82) is 0 Å². The fourth-order valence-electron chi connectivity index (χ4n) is 4.52. The molecule has 1 unspecified atom stereocenters. The molecule has 0 heterocycles. The highest BCUT2D eigenvalue weighted by Crippen LogP contribution is 2.65. The Morgan fingerprint density at radius 3 is 2.43 bits per heavy atom. The summed E-state index contributed by atoms with van der Waals surface area (Å²) in [4.78, 5) is 0. The van der Waals surface area contributed by atoms with E-state index in [1.54, 1.807) is 12.1 Å². The van der Waals surface area contributed by atoms with Crippen molar-refractivity contribution in [3.05, 3.63) is 36.5 Å². The first kappa shape index (κ1) is 25.8. The lowest BCUT2D eigenvalue weighted by Crippen LogP contribution is -2.31. The summed E-state index contributed by atoms with van der Waals surface area (Å²) >= 11 is 0. The van der Waals surface area contributed by atoms with Crippen molar-refractivity contribution in [2.45, 2.75) is 65.8 Å². The summed E-state index contributed by atoms with van der Waals surface area (Å²) < 4.78 is 2.46. The fourth-order valence-corrected chi connectivity index (χ4v) is 13.6. The van der Waals surface area contributed by atoms with Gasteiger partial charge in [0.15, 0.2) is 12.3 Å². The zero-order chi connectivity index (χ0) is 21.2. The Morgan fingerprint density at radius 1 is 1.21 bits per heavy atom. The molecule has 0 aromatic carbocycles. The molecule has 1 aliphatic carbocycles. The van der Waals surface area contributed by atoms with E-state index in [0.29, 0.717) is 6.04 Å². The minimum atomic E-state index is -0.710. The maximum atomic E-state index is 4.12. The molecule has 1 aliphatic rings. The highest BCUT2D eigenvalue weighted by molar-refractivity contribution is 7.85. The van der Waals surface area contributed by atoms with Crippen LogP contribution in [0.5, 0.6) is 0 Å². The molecule has 0 aliphatic heterocycles. The molecule has 0 saturated heterocycles. The summed E-state index contributed by atoms with van der Waals surface area (Å²) in [5.74, 6) is 2.51. The van der Waals surface area contributed by atoms with Crippen LogP contribution in [0, 0.1) is 5.92 Å². The van der Waals surface area contributed by atoms with Crippen LogP contribution in [0.25, 0.3) is 0 Å². The van der Waals surface area contributed by atoms with Gasteiger partial charge in [-0.05, 0) is 70.4 Å². The molecule has 3 atom stereocenters. The first-order valence-corrected chi connectivity index (χ1v) is 16.1. The number of nitrogens with zero attached hydrogens (tertiary/aromatic N) is 1. The van der Waals surface area contributed by atoms with Crippen molar-refractivity contribution in [1.82, 2.24) is 0 Å². The molecule has 0 radical (unpaired) electrons. The predicted molar refractivity (Wildman–Crippen MR) is 137 cm³/mol. The number of hydrogen-bond donors (Lipinski definition) is 0. The Balaban J connectivity index is 2.75. The van der Waals surface area contributed by atoms with Gasteiger partial charge in [-0.15, -0.1) is 0 Å². The van der Waals surface area contributed by atoms with Gasteiger partial charge in [-0.2, -0.15) is 0 Å². The first-order valence-electron chi connectivity index (χ1n) is 11.4. The Hall–Kier alpha value is -0.250. The second kappa shape index (κ2) is 13.1. The van der Waals surface area contributed by atoms with Gasteiger partial charge in [-0.1, -0.05) is 34.1 Å².